The number of azo groups is 1. The highest BCUT2D eigenvalue weighted by Gasteiger charge is 1.90. The molecule has 0 aliphatic carbocycles. The van der Waals surface area contributed by atoms with Crippen LogP contribution in [0.4, 0.5) is 0 Å². The second kappa shape index (κ2) is 14.4. The predicted molar refractivity (Wildman–Crippen MR) is 60.3 cm³/mol. The van der Waals surface area contributed by atoms with Crippen LogP contribution in [0.25, 0.3) is 0 Å². The van der Waals surface area contributed by atoms with Crippen LogP contribution in [0.2, 0.25) is 0 Å². The van der Waals surface area contributed by atoms with Gasteiger partial charge in [-0.15, -0.1) is 0 Å². The van der Waals surface area contributed by atoms with E-state index in [9.17, 15) is 0 Å². The molecule has 0 saturated heterocycles. The van der Waals surface area contributed by atoms with Crippen LogP contribution in [-0.2, 0) is 14.2 Å². The topological polar surface area (TPSA) is 104 Å². The van der Waals surface area contributed by atoms with Gasteiger partial charge in [0, 0.05) is 6.54 Å². The van der Waals surface area contributed by atoms with Gasteiger partial charge in [0.15, 0.2) is 0 Å². The van der Waals surface area contributed by atoms with E-state index in [1.807, 2.05) is 0 Å². The zero-order chi connectivity index (χ0) is 11.9. The Morgan fingerprint density at radius 3 is 1.81 bits per heavy atom. The van der Waals surface area contributed by atoms with E-state index < -0.39 is 0 Å². The summed E-state index contributed by atoms with van der Waals surface area (Å²) in [7, 11) is 0. The monoisotopic (exact) mass is 234 g/mol. The minimum atomic E-state index is 0.228. The van der Waals surface area contributed by atoms with E-state index in [4.69, 9.17) is 25.7 Å². The third-order valence-electron chi connectivity index (χ3n) is 1.52. The largest absolute Gasteiger partial charge is 0.378 e. The fourth-order valence-corrected chi connectivity index (χ4v) is 0.859. The Balaban J connectivity index is 2.90. The molecule has 0 aromatic carbocycles. The molecule has 0 aromatic rings. The second-order valence-corrected chi connectivity index (χ2v) is 2.81. The highest BCUT2D eigenvalue weighted by atomic mass is 16.5. The van der Waals surface area contributed by atoms with E-state index in [1.165, 1.54) is 0 Å². The summed E-state index contributed by atoms with van der Waals surface area (Å²) in [5, 5.41) is 7.37. The molecule has 0 atom stereocenters. The van der Waals surface area contributed by atoms with Gasteiger partial charge >= 0.3 is 0 Å². The SMILES string of the molecule is NCCOCCOCCOCC/N=N/CN. The van der Waals surface area contributed by atoms with E-state index in [1.54, 1.807) is 0 Å². The molecular weight excluding hydrogens is 212 g/mol. The zero-order valence-electron chi connectivity index (χ0n) is 9.64. The normalized spacial score (nSPS) is 11.4. The summed E-state index contributed by atoms with van der Waals surface area (Å²) >= 11 is 0. The molecular formula is C9H22N4O3. The first-order valence-electron chi connectivity index (χ1n) is 5.38. The smallest absolute Gasteiger partial charge is 0.107 e. The van der Waals surface area contributed by atoms with Gasteiger partial charge in [-0.1, -0.05) is 0 Å². The van der Waals surface area contributed by atoms with Crippen molar-refractivity contribution in [3.63, 3.8) is 0 Å². The summed E-state index contributed by atoms with van der Waals surface area (Å²) in [4.78, 5) is 0. The van der Waals surface area contributed by atoms with Crippen molar-refractivity contribution in [3.8, 4) is 0 Å². The van der Waals surface area contributed by atoms with E-state index in [0.717, 1.165) is 0 Å². The van der Waals surface area contributed by atoms with Crippen molar-refractivity contribution >= 4 is 0 Å². The Bertz CT molecular complexity index is 158. The van der Waals surface area contributed by atoms with Crippen LogP contribution < -0.4 is 11.5 Å². The van der Waals surface area contributed by atoms with Crippen LogP contribution in [0.5, 0.6) is 0 Å². The Morgan fingerprint density at radius 2 is 1.25 bits per heavy atom. The van der Waals surface area contributed by atoms with Gasteiger partial charge in [0.2, 0.25) is 0 Å². The highest BCUT2D eigenvalue weighted by molar-refractivity contribution is 4.38. The zero-order valence-corrected chi connectivity index (χ0v) is 9.64. The van der Waals surface area contributed by atoms with Gasteiger partial charge in [0.25, 0.3) is 0 Å². The summed E-state index contributed by atoms with van der Waals surface area (Å²) in [6, 6.07) is 0. The molecule has 0 aliphatic rings. The first-order valence-corrected chi connectivity index (χ1v) is 5.38. The van der Waals surface area contributed by atoms with E-state index in [0.29, 0.717) is 52.7 Å². The Kier molecular flexibility index (Phi) is 13.9. The predicted octanol–water partition coefficient (Wildman–Crippen LogP) is -0.637. The molecule has 0 amide bonds. The minimum Gasteiger partial charge on any atom is -0.378 e. The summed E-state index contributed by atoms with van der Waals surface area (Å²) in [6.07, 6.45) is 0. The Labute approximate surface area is 96.1 Å². The number of nitrogens with zero attached hydrogens (tertiary/aromatic N) is 2. The van der Waals surface area contributed by atoms with Crippen molar-refractivity contribution < 1.29 is 14.2 Å². The maximum Gasteiger partial charge on any atom is 0.107 e. The van der Waals surface area contributed by atoms with Gasteiger partial charge in [-0.3, -0.25) is 0 Å². The lowest BCUT2D eigenvalue weighted by molar-refractivity contribution is 0.0174. The van der Waals surface area contributed by atoms with Gasteiger partial charge in [-0.25, -0.2) is 0 Å². The molecule has 4 N–H and O–H groups in total. The van der Waals surface area contributed by atoms with Crippen molar-refractivity contribution in [1.82, 2.24) is 0 Å². The molecule has 7 nitrogen and oxygen atoms in total. The van der Waals surface area contributed by atoms with E-state index >= 15 is 0 Å². The fourth-order valence-electron chi connectivity index (χ4n) is 0.859. The van der Waals surface area contributed by atoms with Gasteiger partial charge < -0.3 is 25.7 Å². The van der Waals surface area contributed by atoms with Crippen LogP contribution in [0.3, 0.4) is 0 Å². The molecule has 0 spiro atoms. The van der Waals surface area contributed by atoms with Crippen LogP contribution in [0.1, 0.15) is 0 Å². The Morgan fingerprint density at radius 1 is 0.688 bits per heavy atom. The molecule has 0 radical (unpaired) electrons. The number of nitrogens with two attached hydrogens (primary N) is 2. The van der Waals surface area contributed by atoms with Crippen LogP contribution in [0.15, 0.2) is 10.2 Å². The molecule has 0 aromatic heterocycles. The van der Waals surface area contributed by atoms with E-state index in [-0.39, 0.29) is 6.67 Å². The summed E-state index contributed by atoms with van der Waals surface area (Å²) in [5.41, 5.74) is 10.4. The second-order valence-electron chi connectivity index (χ2n) is 2.81. The lowest BCUT2D eigenvalue weighted by atomic mass is 10.7. The van der Waals surface area contributed by atoms with Crippen molar-refractivity contribution in [2.24, 2.45) is 21.7 Å². The molecule has 0 bridgehead atoms. The molecule has 0 aliphatic heterocycles. The highest BCUT2D eigenvalue weighted by Crippen LogP contribution is 1.82. The van der Waals surface area contributed by atoms with Crippen LogP contribution in [0, 0.1) is 0 Å². The average molecular weight is 234 g/mol. The molecule has 16 heavy (non-hydrogen) atoms. The van der Waals surface area contributed by atoms with Crippen molar-refractivity contribution in [2.45, 2.75) is 0 Å². The third kappa shape index (κ3) is 13.4. The van der Waals surface area contributed by atoms with Crippen LogP contribution >= 0.6 is 0 Å². The first kappa shape index (κ1) is 15.4. The molecule has 0 rings (SSSR count). The summed E-state index contributed by atoms with van der Waals surface area (Å²) in [5.74, 6) is 0. The molecule has 0 fully saturated rings. The number of ether oxygens (including phenoxy) is 3. The first-order chi connectivity index (χ1) is 7.91. The van der Waals surface area contributed by atoms with Crippen molar-refractivity contribution in [1.29, 1.82) is 0 Å². The molecule has 7 heteroatoms. The summed E-state index contributed by atoms with van der Waals surface area (Å²) in [6.45, 7) is 4.67. The van der Waals surface area contributed by atoms with Crippen LogP contribution in [-0.4, -0.2) is 59.4 Å². The van der Waals surface area contributed by atoms with Gasteiger partial charge in [-0.2, -0.15) is 10.2 Å². The number of hydrogen-bond donors (Lipinski definition) is 2. The average Bonchev–Trinajstić information content (AvgIpc) is 2.31. The summed E-state index contributed by atoms with van der Waals surface area (Å²) < 4.78 is 15.6. The van der Waals surface area contributed by atoms with Gasteiger partial charge in [0.05, 0.1) is 46.2 Å². The molecule has 0 heterocycles. The minimum absolute atomic E-state index is 0.228. The van der Waals surface area contributed by atoms with E-state index in [2.05, 4.69) is 10.2 Å². The third-order valence-corrected chi connectivity index (χ3v) is 1.52. The van der Waals surface area contributed by atoms with Gasteiger partial charge in [0.1, 0.15) is 6.67 Å². The molecule has 96 valence electrons. The Hall–Kier alpha value is -0.600. The van der Waals surface area contributed by atoms with Gasteiger partial charge in [-0.05, 0) is 0 Å². The molecule has 0 unspecified atom stereocenters. The maximum absolute atomic E-state index is 5.25. The lowest BCUT2D eigenvalue weighted by Gasteiger charge is -2.05. The number of rotatable bonds is 12. The number of hydrogen-bond acceptors (Lipinski definition) is 7. The maximum atomic E-state index is 5.25. The quantitative estimate of drug-likeness (QED) is 0.345. The van der Waals surface area contributed by atoms with Crippen molar-refractivity contribution in [2.75, 3.05) is 59.4 Å². The fraction of sp³-hybridized carbons (Fsp3) is 1.00. The standard InChI is InChI=1S/C9H22N4O3/c10-1-3-14-5-7-16-8-6-15-4-2-12-13-9-11/h1-11H2/b13-12+. The lowest BCUT2D eigenvalue weighted by Crippen LogP contribution is -2.13. The molecule has 0 saturated carbocycles. The van der Waals surface area contributed by atoms with Crippen molar-refractivity contribution in [3.05, 3.63) is 0 Å².